The fraction of sp³-hybridized carbons (Fsp3) is 0.143. The van der Waals surface area contributed by atoms with Crippen molar-refractivity contribution in [1.29, 1.82) is 0 Å². The number of nitrogens with zero attached hydrogens (tertiary/aromatic N) is 4. The Hall–Kier alpha value is -5.48. The number of hydrogen-bond donors (Lipinski definition) is 1. The van der Waals surface area contributed by atoms with Crippen LogP contribution in [0, 0.1) is 13.8 Å². The lowest BCUT2D eigenvalue weighted by Gasteiger charge is -2.23. The summed E-state index contributed by atoms with van der Waals surface area (Å²) in [6, 6.07) is 25.3. The number of imidazole rings is 1. The van der Waals surface area contributed by atoms with Crippen molar-refractivity contribution in [3.63, 3.8) is 0 Å². The van der Waals surface area contributed by atoms with Crippen LogP contribution in [0.2, 0.25) is 0 Å². The fourth-order valence-electron chi connectivity index (χ4n) is 5.66. The average molecular weight is 617 g/mol. The van der Waals surface area contributed by atoms with Crippen LogP contribution in [-0.4, -0.2) is 38.3 Å². The van der Waals surface area contributed by atoms with Crippen LogP contribution in [0.5, 0.6) is 11.5 Å². The van der Waals surface area contributed by atoms with E-state index < -0.39 is 17.7 Å². The van der Waals surface area contributed by atoms with Crippen molar-refractivity contribution in [3.05, 3.63) is 125 Å². The Balaban J connectivity index is 1.39. The number of methoxy groups -OCH3 is 1. The minimum absolute atomic E-state index is 0.0683. The van der Waals surface area contributed by atoms with Crippen LogP contribution < -0.4 is 14.4 Å². The van der Waals surface area contributed by atoms with Gasteiger partial charge in [0, 0.05) is 6.20 Å². The monoisotopic (exact) mass is 616 g/mol. The highest BCUT2D eigenvalue weighted by atomic mass is 32.1. The van der Waals surface area contributed by atoms with Gasteiger partial charge in [-0.1, -0.05) is 59.9 Å². The van der Waals surface area contributed by atoms with E-state index in [0.717, 1.165) is 15.8 Å². The van der Waals surface area contributed by atoms with Crippen molar-refractivity contribution in [2.45, 2.75) is 26.5 Å². The molecule has 1 atom stereocenters. The van der Waals surface area contributed by atoms with E-state index in [-0.39, 0.29) is 17.0 Å². The van der Waals surface area contributed by atoms with E-state index in [9.17, 15) is 14.7 Å². The van der Waals surface area contributed by atoms with Gasteiger partial charge in [0.15, 0.2) is 10.9 Å². The molecule has 1 saturated heterocycles. The van der Waals surface area contributed by atoms with Gasteiger partial charge in [-0.3, -0.25) is 14.5 Å². The molecule has 1 unspecified atom stereocenters. The maximum Gasteiger partial charge on any atom is 0.301 e. The summed E-state index contributed by atoms with van der Waals surface area (Å²) in [6.45, 7) is 4.08. The number of aliphatic hydroxyl groups excluding tert-OH is 1. The number of rotatable bonds is 7. The second kappa shape index (κ2) is 11.2. The first-order valence-electron chi connectivity index (χ1n) is 14.3. The van der Waals surface area contributed by atoms with Crippen molar-refractivity contribution < 1.29 is 24.2 Å². The number of carbonyl (C=O) groups excluding carboxylic acids is 2. The number of fused-ring (bicyclic) bond motifs is 2. The van der Waals surface area contributed by atoms with E-state index in [0.29, 0.717) is 45.7 Å². The van der Waals surface area contributed by atoms with Crippen LogP contribution in [-0.2, 0) is 16.2 Å². The number of thiazole rings is 1. The summed E-state index contributed by atoms with van der Waals surface area (Å²) in [4.78, 5) is 38.5. The number of aliphatic hydroxyl groups is 1. The number of ketones is 1. The zero-order valence-electron chi connectivity index (χ0n) is 24.7. The zero-order chi connectivity index (χ0) is 31.2. The molecule has 3 aromatic heterocycles. The molecule has 1 N–H and O–H groups in total. The van der Waals surface area contributed by atoms with Gasteiger partial charge in [0.25, 0.3) is 5.78 Å². The molecular weight excluding hydrogens is 588 g/mol. The number of ether oxygens (including phenoxy) is 2. The SMILES string of the molecule is COc1ccc2nc(N3C(=O)C(=O)C(=C(O)c4nc5c(C)cccn5c4C)C3c3cccc(OCc4ccccc4)c3)sc2c1. The van der Waals surface area contributed by atoms with Crippen LogP contribution in [0.4, 0.5) is 5.13 Å². The predicted molar refractivity (Wildman–Crippen MR) is 173 cm³/mol. The standard InChI is InChI=1S/C35H28N4O5S/c1-20-9-8-16-38-21(2)29(37-33(20)38)31(40)28-30(23-12-7-13-25(17-23)44-19-22-10-5-4-6-11-22)39(34(42)32(28)41)35-36-26-15-14-24(43-3)18-27(26)45-35/h4-18,30,40H,19H2,1-3H3. The van der Waals surface area contributed by atoms with Gasteiger partial charge in [0.2, 0.25) is 0 Å². The van der Waals surface area contributed by atoms with E-state index in [4.69, 9.17) is 19.4 Å². The topological polar surface area (TPSA) is 106 Å². The lowest BCUT2D eigenvalue weighted by atomic mass is 9.96. The molecule has 0 spiro atoms. The lowest BCUT2D eigenvalue weighted by molar-refractivity contribution is -0.132. The van der Waals surface area contributed by atoms with Crippen LogP contribution in [0.25, 0.3) is 21.6 Å². The van der Waals surface area contributed by atoms with Gasteiger partial charge in [-0.05, 0) is 66.9 Å². The van der Waals surface area contributed by atoms with Crippen LogP contribution >= 0.6 is 11.3 Å². The summed E-state index contributed by atoms with van der Waals surface area (Å²) in [5.74, 6) is -0.758. The quantitative estimate of drug-likeness (QED) is 0.120. The Morgan fingerprint density at radius 3 is 2.53 bits per heavy atom. The highest BCUT2D eigenvalue weighted by molar-refractivity contribution is 7.22. The maximum absolute atomic E-state index is 13.9. The Bertz CT molecular complexity index is 2150. The largest absolute Gasteiger partial charge is 0.505 e. The Morgan fingerprint density at radius 2 is 1.76 bits per heavy atom. The smallest absolute Gasteiger partial charge is 0.301 e. The van der Waals surface area contributed by atoms with Crippen molar-refractivity contribution in [1.82, 2.24) is 14.4 Å². The Morgan fingerprint density at radius 1 is 0.933 bits per heavy atom. The van der Waals surface area contributed by atoms with Crippen LogP contribution in [0.15, 0.2) is 96.7 Å². The molecule has 10 heteroatoms. The molecule has 45 heavy (non-hydrogen) atoms. The number of aryl methyl sites for hydroxylation is 2. The Kier molecular flexibility index (Phi) is 7.06. The summed E-state index contributed by atoms with van der Waals surface area (Å²) in [7, 11) is 1.58. The lowest BCUT2D eigenvalue weighted by Crippen LogP contribution is -2.29. The highest BCUT2D eigenvalue weighted by Gasteiger charge is 2.48. The summed E-state index contributed by atoms with van der Waals surface area (Å²) in [5, 5.41) is 12.2. The van der Waals surface area contributed by atoms with Crippen molar-refractivity contribution in [2.75, 3.05) is 12.0 Å². The number of Topliss-reactive ketones (excluding diaryl/α,β-unsaturated/α-hetero) is 1. The van der Waals surface area contributed by atoms with Gasteiger partial charge in [-0.2, -0.15) is 0 Å². The molecule has 0 bridgehead atoms. The molecular formula is C35H28N4O5S. The molecule has 9 nitrogen and oxygen atoms in total. The first-order chi connectivity index (χ1) is 21.8. The number of benzene rings is 3. The summed E-state index contributed by atoms with van der Waals surface area (Å²) in [5.41, 5.74) is 4.60. The third-order valence-electron chi connectivity index (χ3n) is 7.97. The molecule has 1 aliphatic rings. The third kappa shape index (κ3) is 4.89. The number of amides is 1. The van der Waals surface area contributed by atoms with Crippen LogP contribution in [0.1, 0.15) is 34.1 Å². The van der Waals surface area contributed by atoms with E-state index in [1.54, 1.807) is 31.4 Å². The van der Waals surface area contributed by atoms with Gasteiger partial charge in [-0.15, -0.1) is 0 Å². The van der Waals surface area contributed by atoms with Gasteiger partial charge in [0.1, 0.15) is 29.4 Å². The van der Waals surface area contributed by atoms with E-state index >= 15 is 0 Å². The summed E-state index contributed by atoms with van der Waals surface area (Å²) in [6.07, 6.45) is 1.85. The normalized spacial score (nSPS) is 16.2. The van der Waals surface area contributed by atoms with Crippen molar-refractivity contribution in [3.8, 4) is 11.5 Å². The van der Waals surface area contributed by atoms with E-state index in [1.165, 1.54) is 16.2 Å². The number of pyridine rings is 1. The van der Waals surface area contributed by atoms with Gasteiger partial charge >= 0.3 is 5.91 Å². The number of aromatic nitrogens is 3. The van der Waals surface area contributed by atoms with Gasteiger partial charge < -0.3 is 19.0 Å². The molecule has 6 aromatic rings. The Labute approximate surface area is 262 Å². The van der Waals surface area contributed by atoms with Gasteiger partial charge in [0.05, 0.1) is 34.6 Å². The minimum Gasteiger partial charge on any atom is -0.505 e. The maximum atomic E-state index is 13.9. The van der Waals surface area contributed by atoms with Crippen LogP contribution in [0.3, 0.4) is 0 Å². The van der Waals surface area contributed by atoms with E-state index in [1.807, 2.05) is 85.1 Å². The molecule has 0 aliphatic carbocycles. The highest BCUT2D eigenvalue weighted by Crippen LogP contribution is 2.45. The molecule has 4 heterocycles. The molecule has 7 rings (SSSR count). The molecule has 0 radical (unpaired) electrons. The molecule has 1 aliphatic heterocycles. The number of hydrogen-bond acceptors (Lipinski definition) is 8. The molecule has 1 fully saturated rings. The molecule has 224 valence electrons. The second-order valence-corrected chi connectivity index (χ2v) is 11.8. The summed E-state index contributed by atoms with van der Waals surface area (Å²) >= 11 is 1.27. The molecule has 3 aromatic carbocycles. The second-order valence-electron chi connectivity index (χ2n) is 10.8. The minimum atomic E-state index is -0.988. The van der Waals surface area contributed by atoms with Crippen molar-refractivity contribution >= 4 is 49.8 Å². The number of anilines is 1. The first kappa shape index (κ1) is 28.3. The molecule has 0 saturated carbocycles. The third-order valence-corrected chi connectivity index (χ3v) is 8.98. The predicted octanol–water partition coefficient (Wildman–Crippen LogP) is 6.77. The van der Waals surface area contributed by atoms with Gasteiger partial charge in [-0.25, -0.2) is 9.97 Å². The molecule has 1 amide bonds. The summed E-state index contributed by atoms with van der Waals surface area (Å²) < 4.78 is 14.1. The van der Waals surface area contributed by atoms with Crippen molar-refractivity contribution in [2.24, 2.45) is 0 Å². The zero-order valence-corrected chi connectivity index (χ0v) is 25.5. The number of carbonyl (C=O) groups is 2. The fourth-order valence-corrected chi connectivity index (χ4v) is 6.68. The van der Waals surface area contributed by atoms with E-state index in [2.05, 4.69) is 0 Å². The average Bonchev–Trinajstić information content (AvgIpc) is 3.72. The first-order valence-corrected chi connectivity index (χ1v) is 15.1.